The van der Waals surface area contributed by atoms with Gasteiger partial charge in [0.15, 0.2) is 5.75 Å². The lowest BCUT2D eigenvalue weighted by atomic mass is 10.2. The van der Waals surface area contributed by atoms with E-state index in [0.717, 1.165) is 6.07 Å². The quantitative estimate of drug-likeness (QED) is 0.643. The van der Waals surface area contributed by atoms with E-state index < -0.39 is 23.6 Å². The highest BCUT2D eigenvalue weighted by Crippen LogP contribution is 2.30. The van der Waals surface area contributed by atoms with E-state index in [1.54, 1.807) is 0 Å². The number of pyridine rings is 1. The molecule has 0 aliphatic carbocycles. The third-order valence-corrected chi connectivity index (χ3v) is 2.25. The van der Waals surface area contributed by atoms with Crippen molar-refractivity contribution in [1.82, 2.24) is 4.98 Å². The van der Waals surface area contributed by atoms with Crippen LogP contribution in [0.5, 0.6) is 5.75 Å². The zero-order chi connectivity index (χ0) is 13.2. The van der Waals surface area contributed by atoms with E-state index in [1.165, 1.54) is 28.7 Å². The molecule has 0 aliphatic rings. The third kappa shape index (κ3) is 3.45. The van der Waals surface area contributed by atoms with Gasteiger partial charge in [-0.05, 0) is 28.7 Å². The molecular formula is C8H3F3IN3O2. The molecule has 1 aromatic heterocycles. The average Bonchev–Trinajstić information content (AvgIpc) is 2.18. The van der Waals surface area contributed by atoms with Gasteiger partial charge in [-0.15, -0.1) is 13.2 Å². The Hall–Kier alpha value is -1.57. The van der Waals surface area contributed by atoms with Crippen LogP contribution in [0.25, 0.3) is 0 Å². The molecule has 5 nitrogen and oxygen atoms in total. The number of nitriles is 1. The molecule has 1 rings (SSSR count). The zero-order valence-corrected chi connectivity index (χ0v) is 10.0. The molecule has 0 spiro atoms. The fourth-order valence-electron chi connectivity index (χ4n) is 0.924. The summed E-state index contributed by atoms with van der Waals surface area (Å²) in [5, 5.41) is 8.67. The first-order chi connectivity index (χ1) is 7.74. The summed E-state index contributed by atoms with van der Waals surface area (Å²) in [4.78, 5) is 14.3. The molecule has 17 heavy (non-hydrogen) atoms. The summed E-state index contributed by atoms with van der Waals surface area (Å²) in [5.74, 6) is -1.69. The first kappa shape index (κ1) is 13.5. The van der Waals surface area contributed by atoms with Crippen molar-refractivity contribution in [3.05, 3.63) is 21.0 Å². The number of carbonyl (C=O) groups excluding carboxylic acids is 1. The Morgan fingerprint density at radius 1 is 1.59 bits per heavy atom. The number of alkyl halides is 3. The van der Waals surface area contributed by atoms with Crippen molar-refractivity contribution >= 4 is 28.5 Å². The van der Waals surface area contributed by atoms with E-state index in [1.807, 2.05) is 0 Å². The van der Waals surface area contributed by atoms with Gasteiger partial charge >= 0.3 is 6.36 Å². The topological polar surface area (TPSA) is 89.0 Å². The maximum atomic E-state index is 12.0. The minimum Gasteiger partial charge on any atom is -0.402 e. The Morgan fingerprint density at radius 2 is 2.18 bits per heavy atom. The van der Waals surface area contributed by atoms with E-state index in [-0.39, 0.29) is 9.39 Å². The van der Waals surface area contributed by atoms with Crippen molar-refractivity contribution in [1.29, 1.82) is 5.26 Å². The molecule has 0 saturated heterocycles. The second-order valence-corrected chi connectivity index (χ2v) is 3.72. The molecule has 1 heterocycles. The fourth-order valence-corrected chi connectivity index (χ4v) is 1.58. The summed E-state index contributed by atoms with van der Waals surface area (Å²) in [6.07, 6.45) is -4.94. The Kier molecular flexibility index (Phi) is 3.76. The summed E-state index contributed by atoms with van der Waals surface area (Å²) < 4.78 is 39.5. The first-order valence-corrected chi connectivity index (χ1v) is 4.98. The van der Waals surface area contributed by atoms with Crippen molar-refractivity contribution in [3.8, 4) is 11.8 Å². The van der Waals surface area contributed by atoms with Gasteiger partial charge in [0.25, 0.3) is 5.91 Å². The summed E-state index contributed by atoms with van der Waals surface area (Å²) in [7, 11) is 0. The van der Waals surface area contributed by atoms with Crippen molar-refractivity contribution in [2.75, 3.05) is 0 Å². The Balaban J connectivity index is 3.33. The van der Waals surface area contributed by atoms with E-state index >= 15 is 0 Å². The molecular weight excluding hydrogens is 354 g/mol. The van der Waals surface area contributed by atoms with Crippen LogP contribution in [0, 0.1) is 15.0 Å². The van der Waals surface area contributed by atoms with Crippen LogP contribution >= 0.6 is 22.6 Å². The molecule has 90 valence electrons. The summed E-state index contributed by atoms with van der Waals surface area (Å²) in [6.45, 7) is 0. The number of nitrogens with two attached hydrogens (primary N) is 1. The highest BCUT2D eigenvalue weighted by Gasteiger charge is 2.34. The number of hydrogen-bond donors (Lipinski definition) is 1. The van der Waals surface area contributed by atoms with E-state index in [0.29, 0.717) is 0 Å². The number of nitrogens with zero attached hydrogens (tertiary/aromatic N) is 2. The smallest absolute Gasteiger partial charge is 0.402 e. The minimum absolute atomic E-state index is 0.271. The third-order valence-electron chi connectivity index (χ3n) is 1.52. The second-order valence-electron chi connectivity index (χ2n) is 2.70. The standard InChI is InChI=1S/C8H3F3IN3O2/c9-8(10,11)17-5-3(2-13)1-4(7(14)16)15-6(5)12/h1H,(H2,14,16). The van der Waals surface area contributed by atoms with E-state index in [2.05, 4.69) is 9.72 Å². The predicted octanol–water partition coefficient (Wildman–Crippen LogP) is 1.56. The van der Waals surface area contributed by atoms with Crippen LogP contribution in [0.1, 0.15) is 16.1 Å². The summed E-state index contributed by atoms with van der Waals surface area (Å²) in [5.41, 5.74) is 4.14. The summed E-state index contributed by atoms with van der Waals surface area (Å²) in [6, 6.07) is 2.32. The fraction of sp³-hybridized carbons (Fsp3) is 0.125. The van der Waals surface area contributed by atoms with Gasteiger partial charge in [0.05, 0.1) is 5.56 Å². The SMILES string of the molecule is N#Cc1cc(C(N)=O)nc(I)c1OC(F)(F)F. The van der Waals surface area contributed by atoms with Crippen molar-refractivity contribution < 1.29 is 22.7 Å². The molecule has 0 bridgehead atoms. The average molecular weight is 357 g/mol. The normalized spacial score (nSPS) is 10.8. The maximum absolute atomic E-state index is 12.0. The van der Waals surface area contributed by atoms with Gasteiger partial charge in [-0.25, -0.2) is 4.98 Å². The van der Waals surface area contributed by atoms with Crippen LogP contribution in [-0.2, 0) is 0 Å². The molecule has 0 aromatic carbocycles. The number of aromatic nitrogens is 1. The van der Waals surface area contributed by atoms with Gasteiger partial charge in [0.1, 0.15) is 15.5 Å². The Labute approximate surface area is 107 Å². The monoisotopic (exact) mass is 357 g/mol. The molecule has 0 radical (unpaired) electrons. The minimum atomic E-state index is -4.94. The number of rotatable bonds is 2. The van der Waals surface area contributed by atoms with Crippen molar-refractivity contribution in [2.24, 2.45) is 5.73 Å². The molecule has 0 fully saturated rings. The lowest BCUT2D eigenvalue weighted by Gasteiger charge is -2.11. The van der Waals surface area contributed by atoms with Gasteiger partial charge in [0.2, 0.25) is 0 Å². The molecule has 1 aromatic rings. The first-order valence-electron chi connectivity index (χ1n) is 3.91. The number of carbonyl (C=O) groups is 1. The van der Waals surface area contributed by atoms with E-state index in [4.69, 9.17) is 11.0 Å². The van der Waals surface area contributed by atoms with Gasteiger partial charge in [0, 0.05) is 0 Å². The molecule has 0 aliphatic heterocycles. The van der Waals surface area contributed by atoms with Crippen molar-refractivity contribution in [2.45, 2.75) is 6.36 Å². The van der Waals surface area contributed by atoms with Crippen molar-refractivity contribution in [3.63, 3.8) is 0 Å². The molecule has 1 amide bonds. The highest BCUT2D eigenvalue weighted by atomic mass is 127. The number of halogens is 4. The second kappa shape index (κ2) is 4.74. The molecule has 0 atom stereocenters. The van der Waals surface area contributed by atoms with Gasteiger partial charge in [-0.3, -0.25) is 4.79 Å². The number of amides is 1. The zero-order valence-electron chi connectivity index (χ0n) is 7.88. The van der Waals surface area contributed by atoms with Gasteiger partial charge in [-0.2, -0.15) is 5.26 Å². The molecule has 2 N–H and O–H groups in total. The number of hydrogen-bond acceptors (Lipinski definition) is 4. The number of primary amides is 1. The largest absolute Gasteiger partial charge is 0.573 e. The number of ether oxygens (including phenoxy) is 1. The molecule has 9 heteroatoms. The lowest BCUT2D eigenvalue weighted by Crippen LogP contribution is -2.20. The van der Waals surface area contributed by atoms with Gasteiger partial charge < -0.3 is 10.5 Å². The highest BCUT2D eigenvalue weighted by molar-refractivity contribution is 14.1. The lowest BCUT2D eigenvalue weighted by molar-refractivity contribution is -0.275. The Bertz CT molecular complexity index is 510. The van der Waals surface area contributed by atoms with Gasteiger partial charge in [-0.1, -0.05) is 0 Å². The van der Waals surface area contributed by atoms with Crippen LogP contribution in [0.15, 0.2) is 6.07 Å². The summed E-state index contributed by atoms with van der Waals surface area (Å²) >= 11 is 1.41. The molecule has 0 unspecified atom stereocenters. The van der Waals surface area contributed by atoms with E-state index in [9.17, 15) is 18.0 Å². The van der Waals surface area contributed by atoms with Crippen LogP contribution in [0.2, 0.25) is 0 Å². The molecule has 0 saturated carbocycles. The van der Waals surface area contributed by atoms with Crippen LogP contribution in [-0.4, -0.2) is 17.3 Å². The predicted molar refractivity (Wildman–Crippen MR) is 56.9 cm³/mol. The van der Waals surface area contributed by atoms with Crippen LogP contribution in [0.4, 0.5) is 13.2 Å². The van der Waals surface area contributed by atoms with Crippen LogP contribution in [0.3, 0.4) is 0 Å². The maximum Gasteiger partial charge on any atom is 0.573 e. The Morgan fingerprint density at radius 3 is 2.59 bits per heavy atom. The van der Waals surface area contributed by atoms with Crippen LogP contribution < -0.4 is 10.5 Å².